The zero-order chi connectivity index (χ0) is 14.8. The SMILES string of the molecule is O=C(O)c1ccccc1Cc1n[nH]c(=O)c2ccccc12. The summed E-state index contributed by atoms with van der Waals surface area (Å²) in [7, 11) is 0. The molecule has 3 aromatic rings. The van der Waals surface area contributed by atoms with Gasteiger partial charge in [-0.2, -0.15) is 5.10 Å². The molecule has 0 spiro atoms. The lowest BCUT2D eigenvalue weighted by atomic mass is 10.0. The van der Waals surface area contributed by atoms with Crippen LogP contribution in [0.3, 0.4) is 0 Å². The Bertz CT molecular complexity index is 884. The fourth-order valence-electron chi connectivity index (χ4n) is 2.37. The number of carboxylic acid groups (broad SMARTS) is 1. The quantitative estimate of drug-likeness (QED) is 0.770. The van der Waals surface area contributed by atoms with Crippen molar-refractivity contribution >= 4 is 16.7 Å². The first-order valence-electron chi connectivity index (χ1n) is 6.44. The standard InChI is InChI=1S/C16H12N2O3/c19-15-13-8-4-3-7-12(13)14(17-18-15)9-10-5-1-2-6-11(10)16(20)21/h1-8H,9H2,(H,18,19)(H,20,21). The Kier molecular flexibility index (Phi) is 3.23. The van der Waals surface area contributed by atoms with Crippen LogP contribution in [0.4, 0.5) is 0 Å². The van der Waals surface area contributed by atoms with Gasteiger partial charge in [-0.1, -0.05) is 36.4 Å². The number of H-pyrrole nitrogens is 1. The van der Waals surface area contributed by atoms with Crippen LogP contribution in [0.15, 0.2) is 53.3 Å². The number of nitrogens with zero attached hydrogens (tertiary/aromatic N) is 1. The first-order chi connectivity index (χ1) is 10.2. The van der Waals surface area contributed by atoms with Gasteiger partial charge < -0.3 is 5.11 Å². The van der Waals surface area contributed by atoms with E-state index in [2.05, 4.69) is 10.2 Å². The molecule has 1 aromatic heterocycles. The van der Waals surface area contributed by atoms with Gasteiger partial charge in [-0.05, 0) is 17.7 Å². The third-order valence-electron chi connectivity index (χ3n) is 3.38. The molecule has 5 heteroatoms. The molecule has 0 saturated heterocycles. The van der Waals surface area contributed by atoms with Crippen LogP contribution in [0.1, 0.15) is 21.6 Å². The maximum Gasteiger partial charge on any atom is 0.335 e. The van der Waals surface area contributed by atoms with Crippen LogP contribution in [-0.2, 0) is 6.42 Å². The lowest BCUT2D eigenvalue weighted by molar-refractivity contribution is 0.0696. The van der Waals surface area contributed by atoms with E-state index in [-0.39, 0.29) is 11.1 Å². The van der Waals surface area contributed by atoms with Gasteiger partial charge in [-0.3, -0.25) is 4.79 Å². The van der Waals surface area contributed by atoms with E-state index < -0.39 is 5.97 Å². The van der Waals surface area contributed by atoms with Gasteiger partial charge in [-0.15, -0.1) is 0 Å². The summed E-state index contributed by atoms with van der Waals surface area (Å²) in [6.45, 7) is 0. The molecule has 0 aliphatic carbocycles. The second-order valence-electron chi connectivity index (χ2n) is 4.68. The number of rotatable bonds is 3. The number of hydrogen-bond donors (Lipinski definition) is 2. The van der Waals surface area contributed by atoms with Crippen molar-refractivity contribution in [2.24, 2.45) is 0 Å². The summed E-state index contributed by atoms with van der Waals surface area (Å²) in [6.07, 6.45) is 0.347. The Morgan fingerprint density at radius 2 is 1.71 bits per heavy atom. The third-order valence-corrected chi connectivity index (χ3v) is 3.38. The molecule has 0 aliphatic heterocycles. The molecule has 1 heterocycles. The molecule has 21 heavy (non-hydrogen) atoms. The molecule has 0 aliphatic rings. The molecule has 2 aromatic carbocycles. The minimum atomic E-state index is -0.973. The number of aromatic amines is 1. The Morgan fingerprint density at radius 3 is 2.48 bits per heavy atom. The lowest BCUT2D eigenvalue weighted by Crippen LogP contribution is -2.12. The maximum atomic E-state index is 11.7. The monoisotopic (exact) mass is 280 g/mol. The fraction of sp³-hybridized carbons (Fsp3) is 0.0625. The van der Waals surface area contributed by atoms with Crippen LogP contribution in [0, 0.1) is 0 Å². The van der Waals surface area contributed by atoms with Gasteiger partial charge in [0.1, 0.15) is 0 Å². The second-order valence-corrected chi connectivity index (χ2v) is 4.68. The van der Waals surface area contributed by atoms with E-state index in [1.54, 1.807) is 36.4 Å². The van der Waals surface area contributed by atoms with E-state index >= 15 is 0 Å². The van der Waals surface area contributed by atoms with Crippen LogP contribution >= 0.6 is 0 Å². The molecule has 0 amide bonds. The molecule has 5 nitrogen and oxygen atoms in total. The Morgan fingerprint density at radius 1 is 1.05 bits per heavy atom. The summed E-state index contributed by atoms with van der Waals surface area (Å²) in [4.78, 5) is 23.0. The number of carboxylic acids is 1. The summed E-state index contributed by atoms with van der Waals surface area (Å²) in [5.74, 6) is -0.973. The van der Waals surface area contributed by atoms with E-state index in [4.69, 9.17) is 0 Å². The summed E-state index contributed by atoms with van der Waals surface area (Å²) in [5, 5.41) is 17.0. The number of aromatic nitrogens is 2. The number of carbonyl (C=O) groups is 1. The van der Waals surface area contributed by atoms with Crippen molar-refractivity contribution in [3.05, 3.63) is 75.7 Å². The fourth-order valence-corrected chi connectivity index (χ4v) is 2.37. The molecular weight excluding hydrogens is 268 g/mol. The smallest absolute Gasteiger partial charge is 0.335 e. The molecule has 104 valence electrons. The molecule has 0 unspecified atom stereocenters. The van der Waals surface area contributed by atoms with Crippen LogP contribution in [-0.4, -0.2) is 21.3 Å². The average Bonchev–Trinajstić information content (AvgIpc) is 2.51. The predicted molar refractivity (Wildman–Crippen MR) is 78.6 cm³/mol. The maximum absolute atomic E-state index is 11.7. The van der Waals surface area contributed by atoms with Crippen LogP contribution < -0.4 is 5.56 Å². The lowest BCUT2D eigenvalue weighted by Gasteiger charge is -2.07. The zero-order valence-corrected chi connectivity index (χ0v) is 11.0. The number of nitrogens with one attached hydrogen (secondary N) is 1. The summed E-state index contributed by atoms with van der Waals surface area (Å²) in [6, 6.07) is 13.9. The molecule has 0 bridgehead atoms. The molecule has 2 N–H and O–H groups in total. The Hall–Kier alpha value is -2.95. The summed E-state index contributed by atoms with van der Waals surface area (Å²) < 4.78 is 0. The normalized spacial score (nSPS) is 10.7. The highest BCUT2D eigenvalue weighted by molar-refractivity contribution is 5.90. The minimum Gasteiger partial charge on any atom is -0.478 e. The third kappa shape index (κ3) is 2.41. The van der Waals surface area contributed by atoms with Gasteiger partial charge >= 0.3 is 5.97 Å². The topological polar surface area (TPSA) is 83.0 Å². The van der Waals surface area contributed by atoms with Crippen LogP contribution in [0.5, 0.6) is 0 Å². The first kappa shape index (κ1) is 13.1. The number of hydrogen-bond acceptors (Lipinski definition) is 3. The van der Waals surface area contributed by atoms with Crippen molar-refractivity contribution in [1.82, 2.24) is 10.2 Å². The number of fused-ring (bicyclic) bond motifs is 1. The number of benzene rings is 2. The second kappa shape index (κ2) is 5.20. The molecule has 3 rings (SSSR count). The van der Waals surface area contributed by atoms with E-state index in [0.29, 0.717) is 23.1 Å². The Balaban J connectivity index is 2.14. The Labute approximate surface area is 119 Å². The molecule has 0 radical (unpaired) electrons. The largest absolute Gasteiger partial charge is 0.478 e. The van der Waals surface area contributed by atoms with E-state index in [9.17, 15) is 14.7 Å². The highest BCUT2D eigenvalue weighted by atomic mass is 16.4. The molecule has 0 atom stereocenters. The summed E-state index contributed by atoms with van der Waals surface area (Å²) in [5.41, 5.74) is 1.31. The van der Waals surface area contributed by atoms with Gasteiger partial charge in [0.2, 0.25) is 0 Å². The van der Waals surface area contributed by atoms with Crippen molar-refractivity contribution in [3.8, 4) is 0 Å². The highest BCUT2D eigenvalue weighted by Crippen LogP contribution is 2.18. The predicted octanol–water partition coefficient (Wildman–Crippen LogP) is 2.21. The zero-order valence-electron chi connectivity index (χ0n) is 11.0. The van der Waals surface area contributed by atoms with Crippen molar-refractivity contribution < 1.29 is 9.90 Å². The van der Waals surface area contributed by atoms with E-state index in [1.807, 2.05) is 12.1 Å². The van der Waals surface area contributed by atoms with Gasteiger partial charge in [-0.25, -0.2) is 9.89 Å². The van der Waals surface area contributed by atoms with Gasteiger partial charge in [0.15, 0.2) is 0 Å². The van der Waals surface area contributed by atoms with E-state index in [0.717, 1.165) is 5.39 Å². The van der Waals surface area contributed by atoms with E-state index in [1.165, 1.54) is 0 Å². The molecule has 0 saturated carbocycles. The van der Waals surface area contributed by atoms with Crippen molar-refractivity contribution in [1.29, 1.82) is 0 Å². The minimum absolute atomic E-state index is 0.245. The van der Waals surface area contributed by atoms with Gasteiger partial charge in [0, 0.05) is 11.8 Å². The molecule has 0 fully saturated rings. The van der Waals surface area contributed by atoms with Crippen molar-refractivity contribution in [2.75, 3.05) is 0 Å². The average molecular weight is 280 g/mol. The van der Waals surface area contributed by atoms with Crippen molar-refractivity contribution in [2.45, 2.75) is 6.42 Å². The van der Waals surface area contributed by atoms with Crippen LogP contribution in [0.25, 0.3) is 10.8 Å². The summed E-state index contributed by atoms with van der Waals surface area (Å²) >= 11 is 0. The first-order valence-corrected chi connectivity index (χ1v) is 6.44. The van der Waals surface area contributed by atoms with Gasteiger partial charge in [0.25, 0.3) is 5.56 Å². The molecular formula is C16H12N2O3. The number of aromatic carboxylic acids is 1. The van der Waals surface area contributed by atoms with Crippen LogP contribution in [0.2, 0.25) is 0 Å². The van der Waals surface area contributed by atoms with Crippen molar-refractivity contribution in [3.63, 3.8) is 0 Å². The highest BCUT2D eigenvalue weighted by Gasteiger charge is 2.12. The van der Waals surface area contributed by atoms with Gasteiger partial charge in [0.05, 0.1) is 16.6 Å².